The van der Waals surface area contributed by atoms with E-state index in [1.165, 1.54) is 0 Å². The second-order valence-corrected chi connectivity index (χ2v) is 4.97. The first kappa shape index (κ1) is 13.5. The van der Waals surface area contributed by atoms with E-state index in [2.05, 4.69) is 14.9 Å². The lowest BCUT2D eigenvalue weighted by molar-refractivity contribution is 0.0954. The van der Waals surface area contributed by atoms with Gasteiger partial charge in [-0.3, -0.25) is 4.79 Å². The molecule has 1 aromatic carbocycles. The van der Waals surface area contributed by atoms with E-state index < -0.39 is 0 Å². The molecule has 2 aromatic rings. The number of hydrogen-bond donors (Lipinski definition) is 2. The van der Waals surface area contributed by atoms with Gasteiger partial charge in [-0.25, -0.2) is 0 Å². The fourth-order valence-electron chi connectivity index (χ4n) is 1.76. The van der Waals surface area contributed by atoms with Gasteiger partial charge in [-0.2, -0.15) is 0 Å². The molecule has 19 heavy (non-hydrogen) atoms. The standard InChI is InChI=1S/C13H16N4OS/c1-3-11-12(19-17-16-11)13(18)15-7-9-5-4-6-10(14)8(9)2/h4-6H,3,7,14H2,1-2H3,(H,15,18). The maximum atomic E-state index is 12.0. The first-order valence-corrected chi connectivity index (χ1v) is 6.84. The van der Waals surface area contributed by atoms with Gasteiger partial charge in [-0.1, -0.05) is 23.5 Å². The second kappa shape index (κ2) is 5.79. The molecule has 1 amide bonds. The largest absolute Gasteiger partial charge is 0.399 e. The Morgan fingerprint density at radius 3 is 3.00 bits per heavy atom. The van der Waals surface area contributed by atoms with Crippen molar-refractivity contribution in [2.24, 2.45) is 0 Å². The molecule has 0 unspecified atom stereocenters. The van der Waals surface area contributed by atoms with Gasteiger partial charge >= 0.3 is 0 Å². The summed E-state index contributed by atoms with van der Waals surface area (Å²) in [5, 5.41) is 6.81. The quantitative estimate of drug-likeness (QED) is 0.836. The second-order valence-electron chi connectivity index (χ2n) is 4.22. The number of benzene rings is 1. The molecule has 2 rings (SSSR count). The van der Waals surface area contributed by atoms with Crippen molar-refractivity contribution in [3.8, 4) is 0 Å². The molecule has 0 aliphatic heterocycles. The summed E-state index contributed by atoms with van der Waals surface area (Å²) in [6.45, 7) is 4.36. The number of carbonyl (C=O) groups excluding carboxylic acids is 1. The first-order valence-electron chi connectivity index (χ1n) is 6.06. The predicted molar refractivity (Wildman–Crippen MR) is 76.0 cm³/mol. The van der Waals surface area contributed by atoms with E-state index in [4.69, 9.17) is 5.73 Å². The molecule has 1 heterocycles. The predicted octanol–water partition coefficient (Wildman–Crippen LogP) is 1.92. The molecule has 1 aromatic heterocycles. The van der Waals surface area contributed by atoms with Gasteiger partial charge in [-0.05, 0) is 42.1 Å². The Bertz CT molecular complexity index is 594. The van der Waals surface area contributed by atoms with Crippen molar-refractivity contribution in [1.82, 2.24) is 14.9 Å². The van der Waals surface area contributed by atoms with Gasteiger partial charge in [0.25, 0.3) is 5.91 Å². The van der Waals surface area contributed by atoms with Gasteiger partial charge in [-0.15, -0.1) is 5.10 Å². The topological polar surface area (TPSA) is 80.9 Å². The smallest absolute Gasteiger partial charge is 0.265 e. The molecule has 100 valence electrons. The van der Waals surface area contributed by atoms with Crippen LogP contribution in [0.2, 0.25) is 0 Å². The number of nitrogens with zero attached hydrogens (tertiary/aromatic N) is 2. The fraction of sp³-hybridized carbons (Fsp3) is 0.308. The van der Waals surface area contributed by atoms with Crippen molar-refractivity contribution in [2.45, 2.75) is 26.8 Å². The highest BCUT2D eigenvalue weighted by Crippen LogP contribution is 2.16. The molecular weight excluding hydrogens is 260 g/mol. The van der Waals surface area contributed by atoms with E-state index in [1.807, 2.05) is 32.0 Å². The van der Waals surface area contributed by atoms with Gasteiger partial charge in [0.1, 0.15) is 4.88 Å². The third-order valence-corrected chi connectivity index (χ3v) is 3.79. The maximum Gasteiger partial charge on any atom is 0.265 e. The lowest BCUT2D eigenvalue weighted by Crippen LogP contribution is -2.23. The van der Waals surface area contributed by atoms with E-state index in [9.17, 15) is 4.79 Å². The van der Waals surface area contributed by atoms with Crippen LogP contribution in [0.15, 0.2) is 18.2 Å². The third kappa shape index (κ3) is 2.90. The van der Waals surface area contributed by atoms with Crippen molar-refractivity contribution in [1.29, 1.82) is 0 Å². The van der Waals surface area contributed by atoms with Gasteiger partial charge in [0.2, 0.25) is 0 Å². The monoisotopic (exact) mass is 276 g/mol. The summed E-state index contributed by atoms with van der Waals surface area (Å²) in [6.07, 6.45) is 0.705. The van der Waals surface area contributed by atoms with Crippen LogP contribution in [0, 0.1) is 6.92 Å². The number of nitrogens with two attached hydrogens (primary N) is 1. The molecule has 0 radical (unpaired) electrons. The zero-order valence-electron chi connectivity index (χ0n) is 10.9. The Morgan fingerprint density at radius 2 is 2.26 bits per heavy atom. The minimum atomic E-state index is -0.131. The van der Waals surface area contributed by atoms with Crippen molar-refractivity contribution in [3.05, 3.63) is 39.9 Å². The van der Waals surface area contributed by atoms with E-state index in [-0.39, 0.29) is 5.91 Å². The van der Waals surface area contributed by atoms with Crippen molar-refractivity contribution in [3.63, 3.8) is 0 Å². The maximum absolute atomic E-state index is 12.0. The summed E-state index contributed by atoms with van der Waals surface area (Å²) in [7, 11) is 0. The van der Waals surface area contributed by atoms with E-state index in [1.54, 1.807) is 0 Å². The zero-order valence-corrected chi connectivity index (χ0v) is 11.8. The Kier molecular flexibility index (Phi) is 4.11. The molecule has 0 aliphatic rings. The molecule has 5 nitrogen and oxygen atoms in total. The highest BCUT2D eigenvalue weighted by molar-refractivity contribution is 7.08. The van der Waals surface area contributed by atoms with Crippen LogP contribution >= 0.6 is 11.5 Å². The summed E-state index contributed by atoms with van der Waals surface area (Å²) >= 11 is 1.13. The normalized spacial score (nSPS) is 10.4. The summed E-state index contributed by atoms with van der Waals surface area (Å²) in [5.74, 6) is -0.131. The number of nitrogen functional groups attached to an aromatic ring is 1. The number of amides is 1. The van der Waals surface area contributed by atoms with Crippen LogP contribution in [-0.2, 0) is 13.0 Å². The lowest BCUT2D eigenvalue weighted by Gasteiger charge is -2.09. The summed E-state index contributed by atoms with van der Waals surface area (Å²) < 4.78 is 3.81. The minimum Gasteiger partial charge on any atom is -0.399 e. The van der Waals surface area contributed by atoms with Crippen LogP contribution in [0.4, 0.5) is 5.69 Å². The van der Waals surface area contributed by atoms with E-state index in [0.29, 0.717) is 17.8 Å². The van der Waals surface area contributed by atoms with Crippen LogP contribution in [0.3, 0.4) is 0 Å². The molecule has 0 saturated carbocycles. The Labute approximate surface area is 116 Å². The lowest BCUT2D eigenvalue weighted by atomic mass is 10.1. The number of aryl methyl sites for hydroxylation is 1. The number of nitrogens with one attached hydrogen (secondary N) is 1. The minimum absolute atomic E-state index is 0.131. The highest BCUT2D eigenvalue weighted by atomic mass is 32.1. The van der Waals surface area contributed by atoms with E-state index in [0.717, 1.165) is 34.0 Å². The molecule has 0 atom stereocenters. The molecule has 0 fully saturated rings. The summed E-state index contributed by atoms with van der Waals surface area (Å²) in [4.78, 5) is 12.6. The van der Waals surface area contributed by atoms with E-state index >= 15 is 0 Å². The average molecular weight is 276 g/mol. The van der Waals surface area contributed by atoms with Crippen LogP contribution in [0.5, 0.6) is 0 Å². The number of anilines is 1. The third-order valence-electron chi connectivity index (χ3n) is 3.02. The van der Waals surface area contributed by atoms with Gasteiger partial charge in [0.05, 0.1) is 5.69 Å². The molecule has 0 aliphatic carbocycles. The first-order chi connectivity index (χ1) is 9.13. The van der Waals surface area contributed by atoms with Gasteiger partial charge in [0, 0.05) is 12.2 Å². The number of aromatic nitrogens is 2. The van der Waals surface area contributed by atoms with Crippen molar-refractivity contribution >= 4 is 23.1 Å². The Morgan fingerprint density at radius 1 is 1.47 bits per heavy atom. The molecule has 3 N–H and O–H groups in total. The molecular formula is C13H16N4OS. The fourth-order valence-corrected chi connectivity index (χ4v) is 2.43. The van der Waals surface area contributed by atoms with Crippen LogP contribution in [0.1, 0.15) is 33.4 Å². The van der Waals surface area contributed by atoms with Crippen molar-refractivity contribution < 1.29 is 4.79 Å². The SMILES string of the molecule is CCc1nnsc1C(=O)NCc1cccc(N)c1C. The average Bonchev–Trinajstić information content (AvgIpc) is 2.88. The van der Waals surface area contributed by atoms with Gasteiger partial charge in [0.15, 0.2) is 0 Å². The highest BCUT2D eigenvalue weighted by Gasteiger charge is 2.14. The Hall–Kier alpha value is -1.95. The summed E-state index contributed by atoms with van der Waals surface area (Å²) in [5.41, 5.74) is 9.33. The summed E-state index contributed by atoms with van der Waals surface area (Å²) in [6, 6.07) is 5.69. The van der Waals surface area contributed by atoms with Crippen LogP contribution in [-0.4, -0.2) is 15.5 Å². The number of rotatable bonds is 4. The molecule has 6 heteroatoms. The Balaban J connectivity index is 2.07. The van der Waals surface area contributed by atoms with Crippen molar-refractivity contribution in [2.75, 3.05) is 5.73 Å². The molecule has 0 bridgehead atoms. The number of hydrogen-bond acceptors (Lipinski definition) is 5. The zero-order chi connectivity index (χ0) is 13.8. The van der Waals surface area contributed by atoms with Gasteiger partial charge < -0.3 is 11.1 Å². The van der Waals surface area contributed by atoms with Crippen LogP contribution < -0.4 is 11.1 Å². The number of carbonyl (C=O) groups is 1. The molecule has 0 spiro atoms. The van der Waals surface area contributed by atoms with Crippen LogP contribution in [0.25, 0.3) is 0 Å². The molecule has 0 saturated heterocycles.